The molecule has 1 atom stereocenters. The van der Waals surface area contributed by atoms with Crippen molar-refractivity contribution in [2.75, 3.05) is 12.4 Å². The van der Waals surface area contributed by atoms with E-state index >= 15 is 0 Å². The van der Waals surface area contributed by atoms with Gasteiger partial charge in [0.05, 0.1) is 12.8 Å². The second kappa shape index (κ2) is 7.21. The second-order valence-electron chi connectivity index (χ2n) is 3.99. The summed E-state index contributed by atoms with van der Waals surface area (Å²) in [5, 5.41) is 3.25. The maximum Gasteiger partial charge on any atom is 0.328 e. The van der Waals surface area contributed by atoms with E-state index in [1.165, 1.54) is 25.3 Å². The number of anilines is 1. The molecule has 0 fully saturated rings. The van der Waals surface area contributed by atoms with Crippen LogP contribution in [0.1, 0.15) is 26.2 Å². The molecule has 0 amide bonds. The maximum absolute atomic E-state index is 13.5. The highest BCUT2D eigenvalue weighted by atomic mass is 35.5. The van der Waals surface area contributed by atoms with Crippen LogP contribution in [0.2, 0.25) is 5.02 Å². The van der Waals surface area contributed by atoms with Crippen molar-refractivity contribution in [3.05, 3.63) is 29.0 Å². The van der Waals surface area contributed by atoms with Crippen LogP contribution >= 0.6 is 11.6 Å². The summed E-state index contributed by atoms with van der Waals surface area (Å²) in [6.07, 6.45) is 2.40. The van der Waals surface area contributed by atoms with Gasteiger partial charge < -0.3 is 10.1 Å². The molecule has 1 rings (SSSR count). The smallest absolute Gasteiger partial charge is 0.328 e. The number of methoxy groups -OCH3 is 1. The van der Waals surface area contributed by atoms with E-state index in [4.69, 9.17) is 16.3 Å². The van der Waals surface area contributed by atoms with Crippen molar-refractivity contribution in [3.8, 4) is 0 Å². The van der Waals surface area contributed by atoms with Crippen LogP contribution in [-0.2, 0) is 9.53 Å². The first-order valence-electron chi connectivity index (χ1n) is 5.88. The molecule has 0 aromatic heterocycles. The van der Waals surface area contributed by atoms with Crippen LogP contribution in [0.4, 0.5) is 10.1 Å². The molecule has 18 heavy (non-hydrogen) atoms. The lowest BCUT2D eigenvalue weighted by Gasteiger charge is -2.17. The average Bonchev–Trinajstić information content (AvgIpc) is 2.37. The summed E-state index contributed by atoms with van der Waals surface area (Å²) in [6.45, 7) is 2.02. The van der Waals surface area contributed by atoms with Crippen molar-refractivity contribution in [2.24, 2.45) is 0 Å². The number of carbonyl (C=O) groups excluding carboxylic acids is 1. The molecule has 100 valence electrons. The van der Waals surface area contributed by atoms with Crippen LogP contribution in [0.3, 0.4) is 0 Å². The number of unbranched alkanes of at least 4 members (excludes halogenated alkanes) is 1. The van der Waals surface area contributed by atoms with Gasteiger partial charge in [-0.15, -0.1) is 0 Å². The van der Waals surface area contributed by atoms with Gasteiger partial charge in [-0.3, -0.25) is 0 Å². The SMILES string of the molecule is CCCCC(Nc1cc(Cl)ccc1F)C(=O)OC. The molecule has 0 bridgehead atoms. The number of hydrogen-bond acceptors (Lipinski definition) is 3. The van der Waals surface area contributed by atoms with E-state index < -0.39 is 17.8 Å². The molecule has 1 unspecified atom stereocenters. The fourth-order valence-electron chi connectivity index (χ4n) is 1.60. The van der Waals surface area contributed by atoms with Gasteiger partial charge in [0.2, 0.25) is 0 Å². The molecule has 0 aliphatic carbocycles. The van der Waals surface area contributed by atoms with E-state index in [-0.39, 0.29) is 5.69 Å². The molecule has 3 nitrogen and oxygen atoms in total. The summed E-state index contributed by atoms with van der Waals surface area (Å²) < 4.78 is 18.2. The van der Waals surface area contributed by atoms with Crippen molar-refractivity contribution < 1.29 is 13.9 Å². The van der Waals surface area contributed by atoms with Crippen molar-refractivity contribution in [2.45, 2.75) is 32.2 Å². The molecule has 0 radical (unpaired) electrons. The van der Waals surface area contributed by atoms with Crippen molar-refractivity contribution in [3.63, 3.8) is 0 Å². The largest absolute Gasteiger partial charge is 0.467 e. The van der Waals surface area contributed by atoms with Crippen molar-refractivity contribution >= 4 is 23.3 Å². The van der Waals surface area contributed by atoms with Crippen LogP contribution in [0.25, 0.3) is 0 Å². The van der Waals surface area contributed by atoms with E-state index in [1.807, 2.05) is 6.92 Å². The van der Waals surface area contributed by atoms with Crippen LogP contribution in [-0.4, -0.2) is 19.1 Å². The predicted molar refractivity (Wildman–Crippen MR) is 70.4 cm³/mol. The van der Waals surface area contributed by atoms with E-state index in [2.05, 4.69) is 5.32 Å². The Hall–Kier alpha value is -1.29. The molecule has 0 aliphatic heterocycles. The Bertz CT molecular complexity index is 412. The molecule has 0 saturated heterocycles. The van der Waals surface area contributed by atoms with Gasteiger partial charge in [-0.2, -0.15) is 0 Å². The lowest BCUT2D eigenvalue weighted by molar-refractivity contribution is -0.141. The third-order valence-corrected chi connectivity index (χ3v) is 2.83. The zero-order chi connectivity index (χ0) is 13.5. The highest BCUT2D eigenvalue weighted by molar-refractivity contribution is 6.30. The Morgan fingerprint density at radius 2 is 2.28 bits per heavy atom. The molecule has 1 aromatic carbocycles. The van der Waals surface area contributed by atoms with Gasteiger partial charge in [0.1, 0.15) is 11.9 Å². The number of esters is 1. The molecule has 0 spiro atoms. The minimum atomic E-state index is -0.553. The van der Waals surface area contributed by atoms with E-state index in [1.54, 1.807) is 0 Å². The molecule has 1 aromatic rings. The fraction of sp³-hybridized carbons (Fsp3) is 0.462. The Labute approximate surface area is 111 Å². The number of ether oxygens (including phenoxy) is 1. The van der Waals surface area contributed by atoms with Crippen LogP contribution in [0.15, 0.2) is 18.2 Å². The number of hydrogen-bond donors (Lipinski definition) is 1. The van der Waals surface area contributed by atoms with E-state index in [0.29, 0.717) is 11.4 Å². The van der Waals surface area contributed by atoms with Crippen LogP contribution in [0.5, 0.6) is 0 Å². The maximum atomic E-state index is 13.5. The van der Waals surface area contributed by atoms with Crippen molar-refractivity contribution in [1.82, 2.24) is 0 Å². The monoisotopic (exact) mass is 273 g/mol. The first-order valence-corrected chi connectivity index (χ1v) is 6.25. The van der Waals surface area contributed by atoms with E-state index in [9.17, 15) is 9.18 Å². The van der Waals surface area contributed by atoms with Gasteiger partial charge >= 0.3 is 5.97 Å². The Balaban J connectivity index is 2.81. The molecule has 5 heteroatoms. The Morgan fingerprint density at radius 1 is 1.56 bits per heavy atom. The van der Waals surface area contributed by atoms with Gasteiger partial charge in [-0.1, -0.05) is 31.4 Å². The minimum absolute atomic E-state index is 0.217. The summed E-state index contributed by atoms with van der Waals surface area (Å²) >= 11 is 5.80. The van der Waals surface area contributed by atoms with Gasteiger partial charge in [0.15, 0.2) is 0 Å². The zero-order valence-corrected chi connectivity index (χ0v) is 11.3. The number of halogens is 2. The Morgan fingerprint density at radius 3 is 2.89 bits per heavy atom. The van der Waals surface area contributed by atoms with Crippen LogP contribution in [0, 0.1) is 5.82 Å². The summed E-state index contributed by atoms with van der Waals surface area (Å²) in [5.74, 6) is -0.840. The minimum Gasteiger partial charge on any atom is -0.467 e. The quantitative estimate of drug-likeness (QED) is 0.805. The topological polar surface area (TPSA) is 38.3 Å². The first kappa shape index (κ1) is 14.8. The lowest BCUT2D eigenvalue weighted by Crippen LogP contribution is -2.31. The molecule has 0 saturated carbocycles. The molecule has 1 N–H and O–H groups in total. The van der Waals surface area contributed by atoms with Gasteiger partial charge in [-0.25, -0.2) is 9.18 Å². The molecular weight excluding hydrogens is 257 g/mol. The third-order valence-electron chi connectivity index (χ3n) is 2.59. The number of nitrogens with one attached hydrogen (secondary N) is 1. The standard InChI is InChI=1S/C13H17ClFNO2/c1-3-4-5-11(13(17)18-2)16-12-8-9(14)6-7-10(12)15/h6-8,11,16H,3-5H2,1-2H3. The summed E-state index contributed by atoms with van der Waals surface area (Å²) in [6, 6.07) is 3.63. The molecular formula is C13H17ClFNO2. The normalized spacial score (nSPS) is 12.0. The predicted octanol–water partition coefficient (Wildman–Crippen LogP) is 3.62. The average molecular weight is 274 g/mol. The van der Waals surface area contributed by atoms with Crippen LogP contribution < -0.4 is 5.32 Å². The zero-order valence-electron chi connectivity index (χ0n) is 10.5. The van der Waals surface area contributed by atoms with E-state index in [0.717, 1.165) is 12.8 Å². The first-order chi connectivity index (χ1) is 8.58. The highest BCUT2D eigenvalue weighted by Gasteiger charge is 2.19. The Kier molecular flexibility index (Phi) is 5.92. The number of benzene rings is 1. The third kappa shape index (κ3) is 4.18. The summed E-state index contributed by atoms with van der Waals surface area (Å²) in [4.78, 5) is 11.6. The van der Waals surface area contributed by atoms with Gasteiger partial charge in [0, 0.05) is 5.02 Å². The fourth-order valence-corrected chi connectivity index (χ4v) is 1.77. The van der Waals surface area contributed by atoms with Crippen molar-refractivity contribution in [1.29, 1.82) is 0 Å². The second-order valence-corrected chi connectivity index (χ2v) is 4.42. The van der Waals surface area contributed by atoms with Gasteiger partial charge in [-0.05, 0) is 24.6 Å². The van der Waals surface area contributed by atoms with Gasteiger partial charge in [0.25, 0.3) is 0 Å². The number of carbonyl (C=O) groups is 1. The number of rotatable bonds is 6. The molecule has 0 aliphatic rings. The highest BCUT2D eigenvalue weighted by Crippen LogP contribution is 2.21. The molecule has 0 heterocycles. The summed E-state index contributed by atoms with van der Waals surface area (Å²) in [7, 11) is 1.32. The summed E-state index contributed by atoms with van der Waals surface area (Å²) in [5.41, 5.74) is 0.217. The lowest BCUT2D eigenvalue weighted by atomic mass is 10.1.